The Hall–Kier alpha value is -5.10. The van der Waals surface area contributed by atoms with Gasteiger partial charge in [-0.3, -0.25) is 4.57 Å². The molecule has 0 radical (unpaired) electrons. The molecular formula is C30H19N5O. The molecule has 0 aliphatic rings. The molecular weight excluding hydrogens is 446 g/mol. The number of rotatable bonds is 4. The lowest BCUT2D eigenvalue weighted by Crippen LogP contribution is -2.07. The van der Waals surface area contributed by atoms with Gasteiger partial charge in [0.05, 0.1) is 5.56 Å². The molecule has 170 valence electrons. The predicted octanol–water partition coefficient (Wildman–Crippen LogP) is 6.96. The second kappa shape index (κ2) is 8.29. The summed E-state index contributed by atoms with van der Waals surface area (Å²) < 4.78 is 8.17. The van der Waals surface area contributed by atoms with E-state index in [-0.39, 0.29) is 0 Å². The minimum atomic E-state index is 0.489. The Morgan fingerprint density at radius 3 is 1.94 bits per heavy atom. The number of furan rings is 1. The van der Waals surface area contributed by atoms with Crippen LogP contribution in [0.3, 0.4) is 0 Å². The zero-order valence-corrected chi connectivity index (χ0v) is 19.1. The maximum Gasteiger partial charge on any atom is 0.239 e. The smallest absolute Gasteiger partial charge is 0.239 e. The van der Waals surface area contributed by atoms with Crippen LogP contribution in [0.4, 0.5) is 0 Å². The number of nitrogens with zero attached hydrogens (tertiary/aromatic N) is 5. The number of para-hydroxylation sites is 2. The largest absolute Gasteiger partial charge is 0.455 e. The Kier molecular flexibility index (Phi) is 4.67. The zero-order valence-electron chi connectivity index (χ0n) is 19.1. The second-order valence-electron chi connectivity index (χ2n) is 8.42. The number of benzene rings is 4. The number of fused-ring (bicyclic) bond motifs is 3. The Morgan fingerprint density at radius 1 is 0.583 bits per heavy atom. The molecule has 0 unspecified atom stereocenters. The SMILES string of the molecule is c1ccc(-c2nc(-c3ccccc3)nc(-n3ccnc3-c3cccc4c3oc3ccccc34)n2)cc1. The summed E-state index contributed by atoms with van der Waals surface area (Å²) in [7, 11) is 0. The lowest BCUT2D eigenvalue weighted by molar-refractivity contribution is 0.669. The maximum atomic E-state index is 6.28. The molecule has 0 aliphatic carbocycles. The van der Waals surface area contributed by atoms with E-state index in [4.69, 9.17) is 24.4 Å². The van der Waals surface area contributed by atoms with Crippen LogP contribution in [-0.2, 0) is 0 Å². The van der Waals surface area contributed by atoms with Crippen LogP contribution in [0.2, 0.25) is 0 Å². The number of hydrogen-bond donors (Lipinski definition) is 0. The standard InChI is InChI=1S/C30H19N5O/c1-3-10-20(11-4-1)27-32-28(21-12-5-2-6-13-21)34-30(33-27)35-19-18-31-29(35)24-16-9-15-23-22-14-7-8-17-25(22)36-26(23)24/h1-19H. The van der Waals surface area contributed by atoms with Gasteiger partial charge in [-0.05, 0) is 12.1 Å². The molecule has 0 saturated carbocycles. The van der Waals surface area contributed by atoms with Gasteiger partial charge in [0.25, 0.3) is 0 Å². The molecule has 3 aromatic heterocycles. The summed E-state index contributed by atoms with van der Waals surface area (Å²) in [5.74, 6) is 2.38. The Balaban J connectivity index is 1.45. The fourth-order valence-corrected chi connectivity index (χ4v) is 4.49. The molecule has 0 fully saturated rings. The van der Waals surface area contributed by atoms with E-state index < -0.39 is 0 Å². The van der Waals surface area contributed by atoms with Crippen LogP contribution in [0.5, 0.6) is 0 Å². The molecule has 0 spiro atoms. The number of hydrogen-bond acceptors (Lipinski definition) is 5. The van der Waals surface area contributed by atoms with Crippen LogP contribution in [0.15, 0.2) is 120 Å². The first-order valence-electron chi connectivity index (χ1n) is 11.7. The Bertz CT molecular complexity index is 1780. The molecule has 0 N–H and O–H groups in total. The van der Waals surface area contributed by atoms with Gasteiger partial charge in [0.15, 0.2) is 17.5 Å². The summed E-state index contributed by atoms with van der Waals surface area (Å²) in [6.45, 7) is 0. The van der Waals surface area contributed by atoms with Crippen LogP contribution < -0.4 is 0 Å². The second-order valence-corrected chi connectivity index (χ2v) is 8.42. The number of imidazole rings is 1. The lowest BCUT2D eigenvalue weighted by Gasteiger charge is -2.11. The molecule has 0 amide bonds. The van der Waals surface area contributed by atoms with E-state index in [0.717, 1.165) is 38.6 Å². The van der Waals surface area contributed by atoms with Crippen molar-refractivity contribution in [3.63, 3.8) is 0 Å². The van der Waals surface area contributed by atoms with E-state index >= 15 is 0 Å². The highest BCUT2D eigenvalue weighted by Gasteiger charge is 2.19. The van der Waals surface area contributed by atoms with E-state index in [1.165, 1.54) is 0 Å². The van der Waals surface area contributed by atoms with Gasteiger partial charge < -0.3 is 4.42 Å². The summed E-state index contributed by atoms with van der Waals surface area (Å²) in [4.78, 5) is 19.2. The summed E-state index contributed by atoms with van der Waals surface area (Å²) in [5, 5.41) is 2.12. The first kappa shape index (κ1) is 20.3. The monoisotopic (exact) mass is 465 g/mol. The summed E-state index contributed by atoms with van der Waals surface area (Å²) in [5.41, 5.74) is 4.33. The fraction of sp³-hybridized carbons (Fsp3) is 0. The van der Waals surface area contributed by atoms with Crippen molar-refractivity contribution in [1.82, 2.24) is 24.5 Å². The van der Waals surface area contributed by atoms with E-state index in [9.17, 15) is 0 Å². The molecule has 4 aromatic carbocycles. The van der Waals surface area contributed by atoms with Crippen molar-refractivity contribution in [1.29, 1.82) is 0 Å². The number of aromatic nitrogens is 5. The highest BCUT2D eigenvalue weighted by atomic mass is 16.3. The lowest BCUT2D eigenvalue weighted by atomic mass is 10.1. The van der Waals surface area contributed by atoms with Crippen LogP contribution in [-0.4, -0.2) is 24.5 Å². The molecule has 0 bridgehead atoms. The van der Waals surface area contributed by atoms with Gasteiger partial charge in [-0.2, -0.15) is 9.97 Å². The van der Waals surface area contributed by atoms with Gasteiger partial charge in [0.2, 0.25) is 5.95 Å². The first-order valence-corrected chi connectivity index (χ1v) is 11.7. The Labute approximate surface area is 206 Å². The average molecular weight is 466 g/mol. The molecule has 0 saturated heterocycles. The van der Waals surface area contributed by atoms with Gasteiger partial charge in [0, 0.05) is 34.3 Å². The predicted molar refractivity (Wildman–Crippen MR) is 141 cm³/mol. The van der Waals surface area contributed by atoms with Gasteiger partial charge in [-0.15, -0.1) is 0 Å². The molecule has 0 atom stereocenters. The van der Waals surface area contributed by atoms with Crippen molar-refractivity contribution < 1.29 is 4.42 Å². The first-order chi connectivity index (χ1) is 17.8. The van der Waals surface area contributed by atoms with Crippen molar-refractivity contribution in [2.45, 2.75) is 0 Å². The minimum absolute atomic E-state index is 0.489. The van der Waals surface area contributed by atoms with Crippen LogP contribution in [0.1, 0.15) is 0 Å². The van der Waals surface area contributed by atoms with Gasteiger partial charge in [0.1, 0.15) is 11.2 Å². The summed E-state index contributed by atoms with van der Waals surface area (Å²) in [6.07, 6.45) is 3.63. The van der Waals surface area contributed by atoms with Gasteiger partial charge in [-0.25, -0.2) is 9.97 Å². The summed E-state index contributed by atoms with van der Waals surface area (Å²) in [6, 6.07) is 34.0. The molecule has 3 heterocycles. The van der Waals surface area contributed by atoms with Crippen molar-refractivity contribution in [2.75, 3.05) is 0 Å². The normalized spacial score (nSPS) is 11.3. The van der Waals surface area contributed by atoms with Gasteiger partial charge in [-0.1, -0.05) is 91.0 Å². The van der Waals surface area contributed by atoms with Crippen molar-refractivity contribution in [3.05, 3.63) is 116 Å². The van der Waals surface area contributed by atoms with Crippen molar-refractivity contribution in [3.8, 4) is 40.1 Å². The topological polar surface area (TPSA) is 69.6 Å². The molecule has 7 rings (SSSR count). The average Bonchev–Trinajstić information content (AvgIpc) is 3.59. The maximum absolute atomic E-state index is 6.28. The highest BCUT2D eigenvalue weighted by Crippen LogP contribution is 2.35. The van der Waals surface area contributed by atoms with Gasteiger partial charge >= 0.3 is 0 Å². The third kappa shape index (κ3) is 3.35. The quantitative estimate of drug-likeness (QED) is 0.281. The zero-order chi connectivity index (χ0) is 23.9. The van der Waals surface area contributed by atoms with Crippen LogP contribution in [0, 0.1) is 0 Å². The fourth-order valence-electron chi connectivity index (χ4n) is 4.49. The van der Waals surface area contributed by atoms with Crippen LogP contribution >= 0.6 is 0 Å². The Morgan fingerprint density at radius 2 is 1.22 bits per heavy atom. The van der Waals surface area contributed by atoms with Crippen LogP contribution in [0.25, 0.3) is 62.1 Å². The molecule has 0 aliphatic heterocycles. The third-order valence-electron chi connectivity index (χ3n) is 6.19. The third-order valence-corrected chi connectivity index (χ3v) is 6.19. The molecule has 6 nitrogen and oxygen atoms in total. The van der Waals surface area contributed by atoms with E-state index in [1.807, 2.05) is 102 Å². The summed E-state index contributed by atoms with van der Waals surface area (Å²) >= 11 is 0. The highest BCUT2D eigenvalue weighted by molar-refractivity contribution is 6.09. The molecule has 36 heavy (non-hydrogen) atoms. The van der Waals surface area contributed by atoms with E-state index in [1.54, 1.807) is 6.20 Å². The van der Waals surface area contributed by atoms with E-state index in [2.05, 4.69) is 12.1 Å². The van der Waals surface area contributed by atoms with E-state index in [0.29, 0.717) is 23.4 Å². The molecule has 7 aromatic rings. The van der Waals surface area contributed by atoms with Crippen molar-refractivity contribution >= 4 is 21.9 Å². The minimum Gasteiger partial charge on any atom is -0.455 e. The van der Waals surface area contributed by atoms with Crippen molar-refractivity contribution in [2.24, 2.45) is 0 Å². The molecule has 6 heteroatoms.